The van der Waals surface area contributed by atoms with Crippen LogP contribution in [-0.2, 0) is 0 Å². The van der Waals surface area contributed by atoms with Gasteiger partial charge in [-0.05, 0) is 33.6 Å². The van der Waals surface area contributed by atoms with E-state index in [1.165, 1.54) is 5.56 Å². The van der Waals surface area contributed by atoms with Crippen molar-refractivity contribution in [1.29, 1.82) is 0 Å². The first-order chi connectivity index (χ1) is 8.76. The van der Waals surface area contributed by atoms with Crippen molar-refractivity contribution in [1.82, 2.24) is 10.2 Å². The van der Waals surface area contributed by atoms with E-state index in [0.29, 0.717) is 0 Å². The first-order valence-corrected chi connectivity index (χ1v) is 6.96. The van der Waals surface area contributed by atoms with Crippen LogP contribution < -0.4 is 10.1 Å². The summed E-state index contributed by atoms with van der Waals surface area (Å²) in [5.74, 6) is 0.863. The number of methoxy groups -OCH3 is 1. The summed E-state index contributed by atoms with van der Waals surface area (Å²) < 4.78 is 6.25. The fourth-order valence-corrected chi connectivity index (χ4v) is 2.88. The second-order valence-corrected chi connectivity index (χ2v) is 5.21. The molecular formula is C14H19BrN2O. The molecule has 0 bridgehead atoms. The van der Waals surface area contributed by atoms with Crippen LogP contribution >= 0.6 is 15.9 Å². The predicted molar refractivity (Wildman–Crippen MR) is 78.1 cm³/mol. The molecule has 1 N–H and O–H groups in total. The lowest BCUT2D eigenvalue weighted by atomic mass is 10.0. The molecule has 1 aliphatic heterocycles. The van der Waals surface area contributed by atoms with Gasteiger partial charge in [-0.3, -0.25) is 4.90 Å². The molecule has 1 atom stereocenters. The van der Waals surface area contributed by atoms with Gasteiger partial charge in [-0.2, -0.15) is 0 Å². The number of rotatable bonds is 4. The minimum Gasteiger partial charge on any atom is -0.496 e. The maximum atomic E-state index is 5.26. The number of halogens is 1. The normalized spacial score (nSPS) is 18.3. The fraction of sp³-hybridized carbons (Fsp3) is 0.429. The lowest BCUT2D eigenvalue weighted by Crippen LogP contribution is -2.44. The van der Waals surface area contributed by atoms with Crippen LogP contribution in [-0.4, -0.2) is 38.2 Å². The summed E-state index contributed by atoms with van der Waals surface area (Å²) in [4.78, 5) is 2.44. The highest BCUT2D eigenvalue weighted by molar-refractivity contribution is 9.10. The molecule has 1 heterocycles. The van der Waals surface area contributed by atoms with Gasteiger partial charge in [-0.25, -0.2) is 0 Å². The second kappa shape index (κ2) is 6.36. The van der Waals surface area contributed by atoms with Crippen LogP contribution in [0.4, 0.5) is 0 Å². The van der Waals surface area contributed by atoms with Gasteiger partial charge in [0.25, 0.3) is 0 Å². The second-order valence-electron chi connectivity index (χ2n) is 4.36. The Morgan fingerprint density at radius 2 is 2.17 bits per heavy atom. The zero-order valence-electron chi connectivity index (χ0n) is 10.7. The van der Waals surface area contributed by atoms with E-state index in [4.69, 9.17) is 4.74 Å². The van der Waals surface area contributed by atoms with E-state index in [-0.39, 0.29) is 6.04 Å². The number of hydrogen-bond acceptors (Lipinski definition) is 3. The Balaban J connectivity index is 2.21. The number of ether oxygens (including phenoxy) is 1. The molecule has 1 aromatic carbocycles. The fourth-order valence-electron chi connectivity index (χ4n) is 2.32. The third-order valence-corrected chi connectivity index (χ3v) is 3.91. The average molecular weight is 311 g/mol. The lowest BCUT2D eigenvalue weighted by Gasteiger charge is -2.33. The summed E-state index contributed by atoms with van der Waals surface area (Å²) in [6, 6.07) is 6.50. The molecule has 0 aliphatic carbocycles. The Hall–Kier alpha value is -0.840. The molecule has 1 fully saturated rings. The Morgan fingerprint density at radius 1 is 1.44 bits per heavy atom. The van der Waals surface area contributed by atoms with Crippen molar-refractivity contribution in [3.05, 3.63) is 40.9 Å². The molecule has 0 radical (unpaired) electrons. The third kappa shape index (κ3) is 2.94. The molecular weight excluding hydrogens is 292 g/mol. The largest absolute Gasteiger partial charge is 0.496 e. The molecule has 0 amide bonds. The Bertz CT molecular complexity index is 416. The van der Waals surface area contributed by atoms with Gasteiger partial charge < -0.3 is 10.1 Å². The molecule has 0 spiro atoms. The summed E-state index contributed by atoms with van der Waals surface area (Å²) in [7, 11) is 1.68. The number of nitrogens with zero attached hydrogens (tertiary/aromatic N) is 1. The molecule has 3 nitrogen and oxygen atoms in total. The SMILES string of the molecule is C=C[C@@H](c1ccc(OC)c(Br)c1)N1CCNCC1. The van der Waals surface area contributed by atoms with Gasteiger partial charge in [-0.15, -0.1) is 6.58 Å². The first kappa shape index (κ1) is 13.6. The Kier molecular flexibility index (Phi) is 4.80. The molecule has 4 heteroatoms. The molecule has 1 aliphatic rings. The zero-order chi connectivity index (χ0) is 13.0. The van der Waals surface area contributed by atoms with Crippen LogP contribution in [0.3, 0.4) is 0 Å². The molecule has 0 saturated carbocycles. The lowest BCUT2D eigenvalue weighted by molar-refractivity contribution is 0.203. The third-order valence-electron chi connectivity index (χ3n) is 3.29. The van der Waals surface area contributed by atoms with E-state index in [2.05, 4.69) is 44.9 Å². The van der Waals surface area contributed by atoms with Crippen molar-refractivity contribution in [2.24, 2.45) is 0 Å². The summed E-state index contributed by atoms with van der Waals surface area (Å²) in [5, 5.41) is 3.37. The van der Waals surface area contributed by atoms with E-state index >= 15 is 0 Å². The minimum absolute atomic E-state index is 0.273. The van der Waals surface area contributed by atoms with Gasteiger partial charge in [0.05, 0.1) is 17.6 Å². The smallest absolute Gasteiger partial charge is 0.133 e. The van der Waals surface area contributed by atoms with E-state index < -0.39 is 0 Å². The summed E-state index contributed by atoms with van der Waals surface area (Å²) in [6.45, 7) is 8.17. The van der Waals surface area contributed by atoms with Gasteiger partial charge in [0.1, 0.15) is 5.75 Å². The number of hydrogen-bond donors (Lipinski definition) is 1. The summed E-state index contributed by atoms with van der Waals surface area (Å²) >= 11 is 3.54. The van der Waals surface area contributed by atoms with Crippen LogP contribution in [0.15, 0.2) is 35.3 Å². The molecule has 1 saturated heterocycles. The van der Waals surface area contributed by atoms with Crippen LogP contribution in [0.2, 0.25) is 0 Å². The number of nitrogens with one attached hydrogen (secondary N) is 1. The highest BCUT2D eigenvalue weighted by atomic mass is 79.9. The van der Waals surface area contributed by atoms with Crippen molar-refractivity contribution in [3.63, 3.8) is 0 Å². The number of piperazine rings is 1. The van der Waals surface area contributed by atoms with Crippen molar-refractivity contribution >= 4 is 15.9 Å². The van der Waals surface area contributed by atoms with Gasteiger partial charge in [-0.1, -0.05) is 12.1 Å². The predicted octanol–water partition coefficient (Wildman–Crippen LogP) is 2.59. The highest BCUT2D eigenvalue weighted by Gasteiger charge is 2.19. The van der Waals surface area contributed by atoms with Crippen LogP contribution in [0, 0.1) is 0 Å². The standard InChI is InChI=1S/C14H19BrN2O/c1-3-13(17-8-6-16-7-9-17)11-4-5-14(18-2)12(15)10-11/h3-5,10,13,16H,1,6-9H2,2H3/t13-/m0/s1. The summed E-state index contributed by atoms with van der Waals surface area (Å²) in [6.07, 6.45) is 2.01. The van der Waals surface area contributed by atoms with Crippen molar-refractivity contribution in [2.75, 3.05) is 33.3 Å². The highest BCUT2D eigenvalue weighted by Crippen LogP contribution is 2.30. The molecule has 0 unspecified atom stereocenters. The molecule has 0 aromatic heterocycles. The van der Waals surface area contributed by atoms with E-state index in [1.807, 2.05) is 12.1 Å². The van der Waals surface area contributed by atoms with Crippen molar-refractivity contribution in [3.8, 4) is 5.75 Å². The molecule has 2 rings (SSSR count). The molecule has 1 aromatic rings. The van der Waals surface area contributed by atoms with Crippen molar-refractivity contribution in [2.45, 2.75) is 6.04 Å². The van der Waals surface area contributed by atoms with Gasteiger partial charge in [0.15, 0.2) is 0 Å². The molecule has 18 heavy (non-hydrogen) atoms. The molecule has 98 valence electrons. The van der Waals surface area contributed by atoms with Gasteiger partial charge in [0, 0.05) is 26.2 Å². The van der Waals surface area contributed by atoms with Crippen LogP contribution in [0.25, 0.3) is 0 Å². The van der Waals surface area contributed by atoms with Gasteiger partial charge in [0.2, 0.25) is 0 Å². The summed E-state index contributed by atoms with van der Waals surface area (Å²) in [5.41, 5.74) is 1.25. The zero-order valence-corrected chi connectivity index (χ0v) is 12.2. The minimum atomic E-state index is 0.273. The van der Waals surface area contributed by atoms with Crippen LogP contribution in [0.1, 0.15) is 11.6 Å². The van der Waals surface area contributed by atoms with Gasteiger partial charge >= 0.3 is 0 Å². The Morgan fingerprint density at radius 3 is 2.72 bits per heavy atom. The van der Waals surface area contributed by atoms with E-state index in [0.717, 1.165) is 36.4 Å². The quantitative estimate of drug-likeness (QED) is 0.865. The average Bonchev–Trinajstić information content (AvgIpc) is 2.41. The topological polar surface area (TPSA) is 24.5 Å². The van der Waals surface area contributed by atoms with E-state index in [1.54, 1.807) is 7.11 Å². The number of benzene rings is 1. The van der Waals surface area contributed by atoms with Crippen LogP contribution in [0.5, 0.6) is 5.75 Å². The monoisotopic (exact) mass is 310 g/mol. The van der Waals surface area contributed by atoms with E-state index in [9.17, 15) is 0 Å². The Labute approximate surface area is 117 Å². The maximum Gasteiger partial charge on any atom is 0.133 e. The first-order valence-electron chi connectivity index (χ1n) is 6.17. The van der Waals surface area contributed by atoms with Crippen molar-refractivity contribution < 1.29 is 4.74 Å². The maximum absolute atomic E-state index is 5.26.